The Balaban J connectivity index is -0.0000000124. The molecule has 0 N–H and O–H groups in total. The predicted molar refractivity (Wildman–Crippen MR) is 103 cm³/mol. The van der Waals surface area contributed by atoms with Crippen LogP contribution in [0.15, 0.2) is 67.1 Å². The third kappa shape index (κ3) is 756. The Bertz CT molecular complexity index is 92.4. The van der Waals surface area contributed by atoms with Crippen molar-refractivity contribution in [3.05, 3.63) is 52.1 Å². The van der Waals surface area contributed by atoms with Gasteiger partial charge in [0.05, 0.1) is 0 Å². The number of rotatable bonds is 0. The molecule has 0 aromatic carbocycles. The van der Waals surface area contributed by atoms with Crippen LogP contribution in [0.2, 0.25) is 0 Å². The van der Waals surface area contributed by atoms with E-state index in [1.54, 1.807) is 27.2 Å². The highest BCUT2D eigenvalue weighted by Crippen LogP contribution is 1.38. The summed E-state index contributed by atoms with van der Waals surface area (Å²) in [6, 6.07) is 0. The zero-order valence-electron chi connectivity index (χ0n) is 13.0. The second-order valence-corrected chi connectivity index (χ2v) is 1.36. The Morgan fingerprint density at radius 1 is 0.632 bits per heavy atom. The number of aliphatic imine (C=N–C) groups is 3. The van der Waals surface area contributed by atoms with Gasteiger partial charge in [0.25, 0.3) is 0 Å². The standard InChI is InChI=1S/C3H6.3C2H5N.3C2H4.CH4/c4*1-3-2;3*1-2;/h3H,1H2,2H3;3*1H2,2H3;3*1-2H2;1H4. The first-order valence-corrected chi connectivity index (χ1v) is 4.78. The number of nitrogens with zero attached hydrogens (tertiary/aromatic N) is 3. The van der Waals surface area contributed by atoms with E-state index in [4.69, 9.17) is 0 Å². The predicted octanol–water partition coefficient (Wildman–Crippen LogP) is 5.19. The minimum atomic E-state index is 0. The van der Waals surface area contributed by atoms with E-state index in [1.165, 1.54) is 0 Å². The molecular weight excluding hydrogens is 234 g/mol. The van der Waals surface area contributed by atoms with Gasteiger partial charge in [0.15, 0.2) is 0 Å². The maximum atomic E-state index is 3.36. The summed E-state index contributed by atoms with van der Waals surface area (Å²) in [5.41, 5.74) is 0. The smallest absolute Gasteiger partial charge is 0.0269 e. The van der Waals surface area contributed by atoms with Crippen LogP contribution in [0.1, 0.15) is 14.4 Å². The molecule has 0 fully saturated rings. The fourth-order valence-corrected chi connectivity index (χ4v) is 0. The molecule has 0 saturated carbocycles. The van der Waals surface area contributed by atoms with Crippen LogP contribution in [0.3, 0.4) is 0 Å². The van der Waals surface area contributed by atoms with Gasteiger partial charge >= 0.3 is 0 Å². The van der Waals surface area contributed by atoms with Gasteiger partial charge in [0.2, 0.25) is 0 Å². The summed E-state index contributed by atoms with van der Waals surface area (Å²) in [5, 5.41) is 0. The molecule has 3 heteroatoms. The van der Waals surface area contributed by atoms with E-state index in [0.717, 1.165) is 0 Å². The summed E-state index contributed by atoms with van der Waals surface area (Å²) in [6.45, 7) is 32.6. The van der Waals surface area contributed by atoms with Crippen molar-refractivity contribution in [2.45, 2.75) is 14.4 Å². The van der Waals surface area contributed by atoms with Gasteiger partial charge in [-0.05, 0) is 27.1 Å². The van der Waals surface area contributed by atoms with E-state index < -0.39 is 0 Å². The highest BCUT2D eigenvalue weighted by molar-refractivity contribution is 5.22. The van der Waals surface area contributed by atoms with Gasteiger partial charge in [-0.25, -0.2) is 0 Å². The Kier molecular flexibility index (Phi) is 2610. The van der Waals surface area contributed by atoms with Gasteiger partial charge in [0, 0.05) is 21.1 Å². The zero-order chi connectivity index (χ0) is 16.8. The van der Waals surface area contributed by atoms with Crippen molar-refractivity contribution in [3.63, 3.8) is 0 Å². The van der Waals surface area contributed by atoms with Crippen LogP contribution in [0.25, 0.3) is 0 Å². The average molecular weight is 271 g/mol. The Labute approximate surface area is 123 Å². The first kappa shape index (κ1) is 53.8. The maximum absolute atomic E-state index is 3.36. The van der Waals surface area contributed by atoms with Crippen LogP contribution in [-0.4, -0.2) is 41.3 Å². The second-order valence-electron chi connectivity index (χ2n) is 1.36. The van der Waals surface area contributed by atoms with Gasteiger partial charge in [-0.1, -0.05) is 13.5 Å². The van der Waals surface area contributed by atoms with E-state index >= 15 is 0 Å². The normalized spacial score (nSPS) is 3.37. The van der Waals surface area contributed by atoms with Crippen LogP contribution in [-0.2, 0) is 0 Å². The minimum Gasteiger partial charge on any atom is -0.304 e. The Morgan fingerprint density at radius 2 is 0.632 bits per heavy atom. The summed E-state index contributed by atoms with van der Waals surface area (Å²) in [4.78, 5) is 9.75. The second kappa shape index (κ2) is 922. The SMILES string of the molecule is C.C=C.C=C.C=C.C=CC.C=NC.C=NC.C=NC. The molecule has 19 heavy (non-hydrogen) atoms. The van der Waals surface area contributed by atoms with Gasteiger partial charge in [-0.3, -0.25) is 0 Å². The molecule has 0 radical (unpaired) electrons. The van der Waals surface area contributed by atoms with Gasteiger partial charge in [-0.2, -0.15) is 0 Å². The monoisotopic (exact) mass is 271 g/mol. The molecule has 0 spiro atoms. The molecule has 0 aliphatic rings. The summed E-state index contributed by atoms with van der Waals surface area (Å²) in [5.74, 6) is 0. The first-order valence-electron chi connectivity index (χ1n) is 4.78. The fraction of sp³-hybridized carbons (Fsp3) is 0.312. The minimum absolute atomic E-state index is 0. The summed E-state index contributed by atoms with van der Waals surface area (Å²) >= 11 is 0. The van der Waals surface area contributed by atoms with Gasteiger partial charge in [0.1, 0.15) is 0 Å². The highest BCUT2D eigenvalue weighted by Gasteiger charge is 1.15. The van der Waals surface area contributed by atoms with Crippen LogP contribution in [0.5, 0.6) is 0 Å². The molecule has 0 unspecified atom stereocenters. The lowest BCUT2D eigenvalue weighted by atomic mass is 10.8. The zero-order valence-corrected chi connectivity index (χ0v) is 13.0. The lowest BCUT2D eigenvalue weighted by molar-refractivity contribution is 1.49. The largest absolute Gasteiger partial charge is 0.304 e. The average Bonchev–Trinajstić information content (AvgIpc) is 2.40. The van der Waals surface area contributed by atoms with Crippen molar-refractivity contribution in [3.8, 4) is 0 Å². The van der Waals surface area contributed by atoms with Crippen molar-refractivity contribution < 1.29 is 0 Å². The van der Waals surface area contributed by atoms with Crippen molar-refractivity contribution >= 4 is 20.2 Å². The molecule has 0 amide bonds. The van der Waals surface area contributed by atoms with E-state index in [2.05, 4.69) is 81.2 Å². The van der Waals surface area contributed by atoms with E-state index in [0.29, 0.717) is 0 Å². The molecule has 0 aromatic heterocycles. The summed E-state index contributed by atoms with van der Waals surface area (Å²) < 4.78 is 0. The van der Waals surface area contributed by atoms with Crippen molar-refractivity contribution in [1.82, 2.24) is 0 Å². The molecule has 0 bridgehead atoms. The molecule has 0 heterocycles. The van der Waals surface area contributed by atoms with E-state index in [9.17, 15) is 0 Å². The van der Waals surface area contributed by atoms with Crippen molar-refractivity contribution in [1.29, 1.82) is 0 Å². The van der Waals surface area contributed by atoms with E-state index in [-0.39, 0.29) is 7.43 Å². The number of allylic oxidation sites excluding steroid dienone is 1. The lowest BCUT2D eigenvalue weighted by Gasteiger charge is -1.38. The molecule has 0 saturated heterocycles. The molecule has 0 aliphatic carbocycles. The van der Waals surface area contributed by atoms with Crippen molar-refractivity contribution in [2.24, 2.45) is 15.0 Å². The third-order valence-electron chi connectivity index (χ3n) is 0. The Hall–Kier alpha value is -2.03. The van der Waals surface area contributed by atoms with Gasteiger partial charge in [-0.15, -0.1) is 46.1 Å². The molecule has 0 rings (SSSR count). The summed E-state index contributed by atoms with van der Waals surface area (Å²) in [7, 11) is 4.92. The molecule has 0 aromatic rings. The van der Waals surface area contributed by atoms with E-state index in [1.807, 2.05) is 6.92 Å². The molecule has 0 aliphatic heterocycles. The van der Waals surface area contributed by atoms with Crippen LogP contribution >= 0.6 is 0 Å². The Morgan fingerprint density at radius 3 is 0.632 bits per heavy atom. The summed E-state index contributed by atoms with van der Waals surface area (Å²) in [6.07, 6.45) is 1.75. The molecule has 3 nitrogen and oxygen atoms in total. The topological polar surface area (TPSA) is 37.1 Å². The lowest BCUT2D eigenvalue weighted by Crippen LogP contribution is -1.26. The van der Waals surface area contributed by atoms with Crippen LogP contribution < -0.4 is 0 Å². The highest BCUT2D eigenvalue weighted by atomic mass is 14.6. The molecular formula is C16H37N3. The molecule has 116 valence electrons. The van der Waals surface area contributed by atoms with Gasteiger partial charge < -0.3 is 15.0 Å². The molecule has 0 atom stereocenters. The number of hydrogen-bond acceptors (Lipinski definition) is 3. The fourth-order valence-electron chi connectivity index (χ4n) is 0. The van der Waals surface area contributed by atoms with Crippen molar-refractivity contribution in [2.75, 3.05) is 21.1 Å². The third-order valence-corrected chi connectivity index (χ3v) is 0. The van der Waals surface area contributed by atoms with Crippen LogP contribution in [0.4, 0.5) is 0 Å². The first-order chi connectivity index (χ1) is 8.66. The van der Waals surface area contributed by atoms with Crippen LogP contribution in [0, 0.1) is 0 Å². The maximum Gasteiger partial charge on any atom is 0.0269 e. The quantitative estimate of drug-likeness (QED) is 0.430. The number of hydrogen-bond donors (Lipinski definition) is 0.